The summed E-state index contributed by atoms with van der Waals surface area (Å²) in [5.41, 5.74) is 0. The van der Waals surface area contributed by atoms with Crippen molar-refractivity contribution in [3.63, 3.8) is 0 Å². The Kier molecular flexibility index (Phi) is 3.80. The zero-order valence-electron chi connectivity index (χ0n) is 7.29. The highest BCUT2D eigenvalue weighted by Gasteiger charge is 2.11. The van der Waals surface area contributed by atoms with E-state index in [0.29, 0.717) is 6.61 Å². The van der Waals surface area contributed by atoms with Crippen LogP contribution in [-0.2, 0) is 14.3 Å². The van der Waals surface area contributed by atoms with E-state index in [2.05, 4.69) is 0 Å². The summed E-state index contributed by atoms with van der Waals surface area (Å²) in [5.74, 6) is -0.284. The molecule has 0 amide bonds. The number of hydrogen-bond donors (Lipinski definition) is 0. The maximum atomic E-state index is 10.8. The monoisotopic (exact) mass is 170 g/mol. The zero-order chi connectivity index (χ0) is 8.81. The summed E-state index contributed by atoms with van der Waals surface area (Å²) in [6.45, 7) is 3.02. The van der Waals surface area contributed by atoms with Crippen LogP contribution in [0.15, 0.2) is 12.2 Å². The summed E-state index contributed by atoms with van der Waals surface area (Å²) < 4.78 is 10.0. The van der Waals surface area contributed by atoms with Gasteiger partial charge in [-0.1, -0.05) is 0 Å². The second-order valence-electron chi connectivity index (χ2n) is 2.66. The molecule has 0 saturated carbocycles. The number of carbonyl (C=O) groups excluding carboxylic acids is 1. The van der Waals surface area contributed by atoms with Crippen LogP contribution in [0.3, 0.4) is 0 Å². The molecule has 1 fully saturated rings. The molecule has 3 nitrogen and oxygen atoms in total. The van der Waals surface area contributed by atoms with Crippen molar-refractivity contribution in [1.29, 1.82) is 0 Å². The van der Waals surface area contributed by atoms with Gasteiger partial charge in [-0.15, -0.1) is 0 Å². The fraction of sp³-hybridized carbons (Fsp3) is 0.667. The van der Waals surface area contributed by atoms with E-state index < -0.39 is 0 Å². The topological polar surface area (TPSA) is 35.5 Å². The van der Waals surface area contributed by atoms with E-state index in [9.17, 15) is 4.79 Å². The van der Waals surface area contributed by atoms with Crippen molar-refractivity contribution in [3.05, 3.63) is 12.2 Å². The molecule has 1 saturated heterocycles. The highest BCUT2D eigenvalue weighted by Crippen LogP contribution is 2.12. The van der Waals surface area contributed by atoms with Gasteiger partial charge in [-0.05, 0) is 25.8 Å². The average molecular weight is 170 g/mol. The van der Waals surface area contributed by atoms with Gasteiger partial charge in [0, 0.05) is 12.7 Å². The van der Waals surface area contributed by atoms with Crippen LogP contribution in [0.4, 0.5) is 0 Å². The minimum absolute atomic E-state index is 0.120. The number of hydrogen-bond acceptors (Lipinski definition) is 3. The first kappa shape index (κ1) is 9.26. The van der Waals surface area contributed by atoms with Gasteiger partial charge in [-0.3, -0.25) is 0 Å². The molecular formula is C9H14O3. The molecule has 0 unspecified atom stereocenters. The van der Waals surface area contributed by atoms with Crippen LogP contribution in [-0.4, -0.2) is 25.3 Å². The summed E-state index contributed by atoms with van der Waals surface area (Å²) in [6, 6.07) is 0. The number of carbonyl (C=O) groups is 1. The summed E-state index contributed by atoms with van der Waals surface area (Å²) in [7, 11) is 0. The Labute approximate surface area is 72.4 Å². The molecule has 1 rings (SSSR count). The molecule has 0 aromatic heterocycles. The van der Waals surface area contributed by atoms with E-state index in [1.54, 1.807) is 13.0 Å². The third-order valence-corrected chi connectivity index (χ3v) is 1.70. The van der Waals surface area contributed by atoms with Crippen LogP contribution in [0.25, 0.3) is 0 Å². The maximum Gasteiger partial charge on any atom is 0.330 e. The zero-order valence-corrected chi connectivity index (χ0v) is 7.29. The average Bonchev–Trinajstić information content (AvgIpc) is 2.53. The van der Waals surface area contributed by atoms with Crippen molar-refractivity contribution in [3.8, 4) is 0 Å². The number of rotatable bonds is 3. The van der Waals surface area contributed by atoms with E-state index in [1.807, 2.05) is 0 Å². The molecule has 0 aromatic carbocycles. The Hall–Kier alpha value is -0.830. The number of esters is 1. The molecule has 1 aliphatic heterocycles. The van der Waals surface area contributed by atoms with Gasteiger partial charge >= 0.3 is 5.97 Å². The summed E-state index contributed by atoms with van der Waals surface area (Å²) in [4.78, 5) is 10.8. The Morgan fingerprint density at radius 2 is 2.58 bits per heavy atom. The van der Waals surface area contributed by atoms with Crippen LogP contribution < -0.4 is 0 Å². The molecule has 0 spiro atoms. The van der Waals surface area contributed by atoms with Crippen molar-refractivity contribution in [1.82, 2.24) is 0 Å². The predicted octanol–water partition coefficient (Wildman–Crippen LogP) is 1.28. The lowest BCUT2D eigenvalue weighted by Gasteiger charge is -2.00. The molecule has 68 valence electrons. The predicted molar refractivity (Wildman–Crippen MR) is 44.7 cm³/mol. The lowest BCUT2D eigenvalue weighted by atomic mass is 10.2. The molecule has 0 aliphatic carbocycles. The van der Waals surface area contributed by atoms with Crippen LogP contribution in [0.2, 0.25) is 0 Å². The van der Waals surface area contributed by atoms with E-state index in [-0.39, 0.29) is 12.1 Å². The van der Waals surface area contributed by atoms with Gasteiger partial charge in [-0.25, -0.2) is 4.79 Å². The quantitative estimate of drug-likeness (QED) is 0.473. The molecule has 12 heavy (non-hydrogen) atoms. The van der Waals surface area contributed by atoms with Crippen molar-refractivity contribution in [2.75, 3.05) is 13.2 Å². The fourth-order valence-electron chi connectivity index (χ4n) is 1.13. The second kappa shape index (κ2) is 4.93. The smallest absolute Gasteiger partial charge is 0.330 e. The molecule has 0 N–H and O–H groups in total. The van der Waals surface area contributed by atoms with Gasteiger partial charge in [0.2, 0.25) is 0 Å². The van der Waals surface area contributed by atoms with Gasteiger partial charge in [0.1, 0.15) is 0 Å². The van der Waals surface area contributed by atoms with Crippen molar-refractivity contribution >= 4 is 5.97 Å². The highest BCUT2D eigenvalue weighted by atomic mass is 16.5. The van der Waals surface area contributed by atoms with E-state index in [1.165, 1.54) is 6.08 Å². The maximum absolute atomic E-state index is 10.8. The normalized spacial score (nSPS) is 23.2. The Morgan fingerprint density at radius 3 is 3.17 bits per heavy atom. The van der Waals surface area contributed by atoms with Crippen molar-refractivity contribution in [2.45, 2.75) is 25.9 Å². The molecule has 3 heteroatoms. The number of ether oxygens (including phenoxy) is 2. The van der Waals surface area contributed by atoms with Gasteiger partial charge in [0.25, 0.3) is 0 Å². The van der Waals surface area contributed by atoms with Crippen LogP contribution >= 0.6 is 0 Å². The lowest BCUT2D eigenvalue weighted by Crippen LogP contribution is -2.03. The fourth-order valence-corrected chi connectivity index (χ4v) is 1.13. The van der Waals surface area contributed by atoms with Crippen LogP contribution in [0.5, 0.6) is 0 Å². The first-order chi connectivity index (χ1) is 5.83. The molecule has 0 radical (unpaired) electrons. The third kappa shape index (κ3) is 3.05. The molecule has 0 bridgehead atoms. The van der Waals surface area contributed by atoms with Gasteiger partial charge in [-0.2, -0.15) is 0 Å². The summed E-state index contributed by atoms with van der Waals surface area (Å²) >= 11 is 0. The Morgan fingerprint density at radius 1 is 1.75 bits per heavy atom. The molecule has 0 aromatic rings. The SMILES string of the molecule is CCOC(=O)/C=C\[C@H]1CCCO1. The third-order valence-electron chi connectivity index (χ3n) is 1.70. The highest BCUT2D eigenvalue weighted by molar-refractivity contribution is 5.81. The Bertz CT molecular complexity index is 169. The van der Waals surface area contributed by atoms with Gasteiger partial charge in [0.15, 0.2) is 0 Å². The minimum atomic E-state index is -0.284. The van der Waals surface area contributed by atoms with Crippen molar-refractivity contribution in [2.24, 2.45) is 0 Å². The Balaban J connectivity index is 2.23. The van der Waals surface area contributed by atoms with Crippen LogP contribution in [0.1, 0.15) is 19.8 Å². The molecular weight excluding hydrogens is 156 g/mol. The minimum Gasteiger partial charge on any atom is -0.463 e. The summed E-state index contributed by atoms with van der Waals surface area (Å²) in [5, 5.41) is 0. The first-order valence-corrected chi connectivity index (χ1v) is 4.29. The van der Waals surface area contributed by atoms with Crippen molar-refractivity contribution < 1.29 is 14.3 Å². The molecule has 1 heterocycles. The largest absolute Gasteiger partial charge is 0.463 e. The standard InChI is InChI=1S/C9H14O3/c1-2-11-9(10)6-5-8-4-3-7-12-8/h5-6,8H,2-4,7H2,1H3/b6-5-/t8-/m1/s1. The van der Waals surface area contributed by atoms with Crippen LogP contribution in [0, 0.1) is 0 Å². The van der Waals surface area contributed by atoms with Gasteiger partial charge < -0.3 is 9.47 Å². The summed E-state index contributed by atoms with van der Waals surface area (Å²) in [6.07, 6.45) is 5.42. The van der Waals surface area contributed by atoms with Gasteiger partial charge in [0.05, 0.1) is 12.7 Å². The first-order valence-electron chi connectivity index (χ1n) is 4.29. The van der Waals surface area contributed by atoms with E-state index in [0.717, 1.165) is 19.4 Å². The second-order valence-corrected chi connectivity index (χ2v) is 2.66. The lowest BCUT2D eigenvalue weighted by molar-refractivity contribution is -0.137. The molecule has 1 atom stereocenters. The molecule has 1 aliphatic rings. The van der Waals surface area contributed by atoms with E-state index >= 15 is 0 Å². The van der Waals surface area contributed by atoms with E-state index in [4.69, 9.17) is 9.47 Å².